The van der Waals surface area contributed by atoms with Gasteiger partial charge in [-0.15, -0.1) is 0 Å². The summed E-state index contributed by atoms with van der Waals surface area (Å²) < 4.78 is 12.0. The molecule has 7 nitrogen and oxygen atoms in total. The van der Waals surface area contributed by atoms with E-state index in [9.17, 15) is 9.59 Å². The maximum Gasteiger partial charge on any atom is 0.335 e. The molecule has 0 atom stereocenters. The number of hydrogen-bond donors (Lipinski definition) is 1. The highest BCUT2D eigenvalue weighted by atomic mass is 35.5. The minimum Gasteiger partial charge on any atom is -0.495 e. The number of benzene rings is 3. The number of ether oxygens (including phenoxy) is 2. The number of likely N-dealkylation sites (tertiary alicyclic amines) is 1. The molecule has 3 aromatic carbocycles. The van der Waals surface area contributed by atoms with Gasteiger partial charge < -0.3 is 14.6 Å². The normalized spacial score (nSPS) is 16.4. The van der Waals surface area contributed by atoms with E-state index in [1.165, 1.54) is 24.6 Å². The van der Waals surface area contributed by atoms with E-state index in [4.69, 9.17) is 38.4 Å². The minimum atomic E-state index is -0.970. The molecule has 3 aromatic rings. The zero-order valence-electron chi connectivity index (χ0n) is 23.2. The van der Waals surface area contributed by atoms with E-state index in [0.717, 1.165) is 41.9 Å². The predicted molar refractivity (Wildman–Crippen MR) is 172 cm³/mol. The third kappa shape index (κ3) is 7.15. The molecule has 0 aliphatic carbocycles. The molecule has 0 aromatic heterocycles. The first-order chi connectivity index (χ1) is 20.3. The summed E-state index contributed by atoms with van der Waals surface area (Å²) >= 11 is 13.2. The van der Waals surface area contributed by atoms with Gasteiger partial charge in [0.25, 0.3) is 5.91 Å². The van der Waals surface area contributed by atoms with Crippen molar-refractivity contribution >= 4 is 57.9 Å². The first-order valence-corrected chi connectivity index (χ1v) is 15.3. The third-order valence-electron chi connectivity index (χ3n) is 7.34. The molecule has 2 aliphatic heterocycles. The zero-order valence-corrected chi connectivity index (χ0v) is 25.6. The molecule has 2 saturated heterocycles. The van der Waals surface area contributed by atoms with Crippen LogP contribution < -0.4 is 9.47 Å². The van der Waals surface area contributed by atoms with Gasteiger partial charge in [-0.05, 0) is 91.5 Å². The molecule has 1 amide bonds. The smallest absolute Gasteiger partial charge is 0.335 e. The van der Waals surface area contributed by atoms with Crippen LogP contribution in [0.2, 0.25) is 5.02 Å². The number of nitrogens with zero attached hydrogens (tertiary/aromatic N) is 2. The van der Waals surface area contributed by atoms with Crippen molar-refractivity contribution < 1.29 is 24.2 Å². The summed E-state index contributed by atoms with van der Waals surface area (Å²) in [7, 11) is 1.58. The summed E-state index contributed by atoms with van der Waals surface area (Å²) in [6, 6.07) is 18.2. The Morgan fingerprint density at radius 1 is 1.02 bits per heavy atom. The fourth-order valence-corrected chi connectivity index (χ4v) is 6.56. The molecule has 2 fully saturated rings. The highest BCUT2D eigenvalue weighted by Gasteiger charge is 2.32. The molecule has 2 aliphatic rings. The minimum absolute atomic E-state index is 0.159. The van der Waals surface area contributed by atoms with E-state index < -0.39 is 5.97 Å². The molecule has 0 bridgehead atoms. The van der Waals surface area contributed by atoms with Crippen LogP contribution in [0.1, 0.15) is 34.3 Å². The van der Waals surface area contributed by atoms with Crippen LogP contribution in [-0.4, -0.2) is 71.0 Å². The van der Waals surface area contributed by atoms with Gasteiger partial charge in [0.05, 0.1) is 22.6 Å². The summed E-state index contributed by atoms with van der Waals surface area (Å²) in [6.07, 6.45) is 4.85. The first kappa shape index (κ1) is 30.1. The number of carbonyl (C=O) groups is 2. The summed E-state index contributed by atoms with van der Waals surface area (Å²) in [5.74, 6) is 0.167. The van der Waals surface area contributed by atoms with Crippen molar-refractivity contribution in [3.63, 3.8) is 0 Å². The number of halogens is 1. The van der Waals surface area contributed by atoms with Gasteiger partial charge >= 0.3 is 5.97 Å². The van der Waals surface area contributed by atoms with Crippen molar-refractivity contribution in [2.45, 2.75) is 19.3 Å². The van der Waals surface area contributed by atoms with Crippen LogP contribution in [-0.2, 0) is 11.2 Å². The van der Waals surface area contributed by atoms with E-state index >= 15 is 0 Å². The van der Waals surface area contributed by atoms with Gasteiger partial charge in [0.1, 0.15) is 22.4 Å². The van der Waals surface area contributed by atoms with Gasteiger partial charge in [-0.2, -0.15) is 0 Å². The molecule has 0 unspecified atom stereocenters. The lowest BCUT2D eigenvalue weighted by Gasteiger charge is -2.17. The average molecular weight is 623 g/mol. The van der Waals surface area contributed by atoms with E-state index in [-0.39, 0.29) is 11.5 Å². The van der Waals surface area contributed by atoms with E-state index in [2.05, 4.69) is 4.90 Å². The van der Waals surface area contributed by atoms with E-state index in [1.807, 2.05) is 42.5 Å². The standard InChI is InChI=1S/C32H31ClN2O5S2/c1-39-28-11-9-24(19-26(28)33)23-8-10-27(40-17-16-34-13-2-3-14-34)25(18-23)20-29-30(36)35(32(41)42-29)15-12-21-4-6-22(7-5-21)31(37)38/h4-11,18-20H,2-3,12-17H2,1H3,(H,37,38)/b29-20-. The van der Waals surface area contributed by atoms with Gasteiger partial charge in [-0.25, -0.2) is 4.79 Å². The van der Waals surface area contributed by atoms with Crippen LogP contribution in [0.25, 0.3) is 17.2 Å². The Hall–Kier alpha value is -3.37. The largest absolute Gasteiger partial charge is 0.495 e. The molecular formula is C32H31ClN2O5S2. The molecule has 218 valence electrons. The third-order valence-corrected chi connectivity index (χ3v) is 9.02. The Morgan fingerprint density at radius 3 is 2.38 bits per heavy atom. The second-order valence-electron chi connectivity index (χ2n) is 10.1. The Bertz CT molecular complexity index is 1520. The van der Waals surface area contributed by atoms with Gasteiger partial charge in [0.15, 0.2) is 0 Å². The zero-order chi connectivity index (χ0) is 29.6. The van der Waals surface area contributed by atoms with Gasteiger partial charge in [-0.3, -0.25) is 14.6 Å². The summed E-state index contributed by atoms with van der Waals surface area (Å²) in [5, 5.41) is 9.64. The number of thioether (sulfide) groups is 1. The molecule has 0 radical (unpaired) electrons. The number of carboxylic acid groups (broad SMARTS) is 1. The molecule has 10 heteroatoms. The monoisotopic (exact) mass is 622 g/mol. The number of carboxylic acids is 1. The average Bonchev–Trinajstić information content (AvgIpc) is 3.60. The van der Waals surface area contributed by atoms with Crippen LogP contribution in [0, 0.1) is 0 Å². The fourth-order valence-electron chi connectivity index (χ4n) is 5.00. The first-order valence-electron chi connectivity index (χ1n) is 13.7. The fraction of sp³-hybridized carbons (Fsp3) is 0.281. The number of rotatable bonds is 11. The van der Waals surface area contributed by atoms with E-state index in [0.29, 0.717) is 45.3 Å². The summed E-state index contributed by atoms with van der Waals surface area (Å²) in [6.45, 7) is 4.00. The van der Waals surface area contributed by atoms with Crippen LogP contribution in [0.4, 0.5) is 0 Å². The van der Waals surface area contributed by atoms with Crippen molar-refractivity contribution in [1.29, 1.82) is 0 Å². The molecular weight excluding hydrogens is 592 g/mol. The van der Waals surface area contributed by atoms with Gasteiger partial charge in [0.2, 0.25) is 0 Å². The lowest BCUT2D eigenvalue weighted by atomic mass is 10.0. The maximum atomic E-state index is 13.4. The molecule has 5 rings (SSSR count). The highest BCUT2D eigenvalue weighted by molar-refractivity contribution is 8.26. The molecule has 2 heterocycles. The lowest BCUT2D eigenvalue weighted by Crippen LogP contribution is -2.30. The van der Waals surface area contributed by atoms with Crippen molar-refractivity contribution in [1.82, 2.24) is 9.80 Å². The predicted octanol–water partition coefficient (Wildman–Crippen LogP) is 6.63. The van der Waals surface area contributed by atoms with Crippen molar-refractivity contribution in [2.75, 3.05) is 39.9 Å². The molecule has 1 N–H and O–H groups in total. The summed E-state index contributed by atoms with van der Waals surface area (Å²) in [5.41, 5.74) is 3.78. The van der Waals surface area contributed by atoms with Crippen LogP contribution in [0.15, 0.2) is 65.6 Å². The maximum absolute atomic E-state index is 13.4. The Balaban J connectivity index is 1.36. The number of methoxy groups -OCH3 is 1. The molecule has 0 saturated carbocycles. The van der Waals surface area contributed by atoms with Crippen LogP contribution in [0.5, 0.6) is 11.5 Å². The lowest BCUT2D eigenvalue weighted by molar-refractivity contribution is -0.122. The number of carbonyl (C=O) groups excluding carboxylic acids is 1. The molecule has 42 heavy (non-hydrogen) atoms. The molecule has 0 spiro atoms. The topological polar surface area (TPSA) is 79.3 Å². The quantitative estimate of drug-likeness (QED) is 0.189. The van der Waals surface area contributed by atoms with Crippen LogP contribution in [0.3, 0.4) is 0 Å². The summed E-state index contributed by atoms with van der Waals surface area (Å²) in [4.78, 5) is 29.1. The number of hydrogen-bond acceptors (Lipinski definition) is 7. The van der Waals surface area contributed by atoms with Gasteiger partial charge in [-0.1, -0.05) is 59.8 Å². The number of thiocarbonyl (C=S) groups is 1. The van der Waals surface area contributed by atoms with Crippen molar-refractivity contribution in [2.24, 2.45) is 0 Å². The number of aromatic carboxylic acids is 1. The Labute approximate surface area is 260 Å². The Morgan fingerprint density at radius 2 is 1.71 bits per heavy atom. The second-order valence-corrected chi connectivity index (χ2v) is 12.2. The van der Waals surface area contributed by atoms with E-state index in [1.54, 1.807) is 36.3 Å². The van der Waals surface area contributed by atoms with Crippen LogP contribution >= 0.6 is 35.6 Å². The Kier molecular flexibility index (Phi) is 9.84. The number of amides is 1. The highest BCUT2D eigenvalue weighted by Crippen LogP contribution is 2.37. The second kappa shape index (κ2) is 13.7. The van der Waals surface area contributed by atoms with Gasteiger partial charge in [0, 0.05) is 18.7 Å². The van der Waals surface area contributed by atoms with Crippen molar-refractivity contribution in [3.05, 3.63) is 87.3 Å². The SMILES string of the molecule is COc1ccc(-c2ccc(OCCN3CCCC3)c(/C=C3\SC(=S)N(CCc4ccc(C(=O)O)cc4)C3=O)c2)cc1Cl. The van der Waals surface area contributed by atoms with Crippen molar-refractivity contribution in [3.8, 4) is 22.6 Å².